The van der Waals surface area contributed by atoms with E-state index in [1.54, 1.807) is 0 Å². The van der Waals surface area contributed by atoms with Crippen LogP contribution in [0, 0.1) is 5.41 Å². The van der Waals surface area contributed by atoms with E-state index in [2.05, 4.69) is 45.0 Å². The zero-order chi connectivity index (χ0) is 15.0. The van der Waals surface area contributed by atoms with Gasteiger partial charge in [0.25, 0.3) is 0 Å². The fraction of sp³-hybridized carbons (Fsp3) is 1.00. The molecule has 120 valence electrons. The molecule has 0 aromatic rings. The van der Waals surface area contributed by atoms with E-state index < -0.39 is 0 Å². The number of hydrogen-bond acceptors (Lipinski definition) is 2. The van der Waals surface area contributed by atoms with Gasteiger partial charge in [0.1, 0.15) is 0 Å². The van der Waals surface area contributed by atoms with E-state index in [-0.39, 0.29) is 0 Å². The largest absolute Gasteiger partial charge is 0.313 e. The van der Waals surface area contributed by atoms with Crippen LogP contribution in [0.25, 0.3) is 0 Å². The highest BCUT2D eigenvalue weighted by atomic mass is 15.1. The molecule has 1 fully saturated rings. The van der Waals surface area contributed by atoms with Crippen LogP contribution in [-0.4, -0.2) is 37.1 Å². The van der Waals surface area contributed by atoms with Gasteiger partial charge in [0, 0.05) is 12.1 Å². The van der Waals surface area contributed by atoms with E-state index in [1.807, 2.05) is 0 Å². The molecule has 0 amide bonds. The minimum Gasteiger partial charge on any atom is -0.313 e. The van der Waals surface area contributed by atoms with Crippen molar-refractivity contribution in [3.8, 4) is 0 Å². The van der Waals surface area contributed by atoms with Crippen LogP contribution in [0.4, 0.5) is 0 Å². The molecule has 0 aliphatic heterocycles. The maximum atomic E-state index is 3.75. The number of hydrogen-bond donors (Lipinski definition) is 1. The topological polar surface area (TPSA) is 15.3 Å². The smallest absolute Gasteiger partial charge is 0.0128 e. The summed E-state index contributed by atoms with van der Waals surface area (Å²) in [5, 5.41) is 3.75. The summed E-state index contributed by atoms with van der Waals surface area (Å²) in [7, 11) is 2.34. The van der Waals surface area contributed by atoms with Crippen molar-refractivity contribution in [2.24, 2.45) is 5.41 Å². The van der Waals surface area contributed by atoms with Crippen molar-refractivity contribution in [1.29, 1.82) is 0 Å². The monoisotopic (exact) mass is 282 g/mol. The van der Waals surface area contributed by atoms with Crippen LogP contribution in [0.3, 0.4) is 0 Å². The normalized spacial score (nSPS) is 20.1. The highest BCUT2D eigenvalue weighted by molar-refractivity contribution is 4.82. The fourth-order valence-electron chi connectivity index (χ4n) is 3.37. The predicted molar refractivity (Wildman–Crippen MR) is 90.3 cm³/mol. The Hall–Kier alpha value is -0.0800. The average molecular weight is 283 g/mol. The lowest BCUT2D eigenvalue weighted by atomic mass is 9.84. The molecular formula is C18H38N2. The summed E-state index contributed by atoms with van der Waals surface area (Å²) >= 11 is 0. The second-order valence-electron chi connectivity index (χ2n) is 7.79. The lowest BCUT2D eigenvalue weighted by Crippen LogP contribution is -2.44. The third kappa shape index (κ3) is 6.58. The zero-order valence-corrected chi connectivity index (χ0v) is 14.7. The standard InChI is InChI=1S/C18H38N2/c1-6-14-19-17(18(2,3)4)13-15-20(5)16-11-9-7-8-10-12-16/h16-17,19H,6-15H2,1-5H3. The minimum atomic E-state index is 0.361. The third-order valence-corrected chi connectivity index (χ3v) is 4.90. The van der Waals surface area contributed by atoms with E-state index in [9.17, 15) is 0 Å². The molecule has 1 N–H and O–H groups in total. The van der Waals surface area contributed by atoms with Gasteiger partial charge in [0.05, 0.1) is 0 Å². The number of nitrogens with one attached hydrogen (secondary N) is 1. The summed E-state index contributed by atoms with van der Waals surface area (Å²) in [5.41, 5.74) is 0.361. The SMILES string of the molecule is CCCNC(CCN(C)C1CCCCCC1)C(C)(C)C. The Bertz CT molecular complexity index is 236. The van der Waals surface area contributed by atoms with Crippen molar-refractivity contribution in [2.45, 2.75) is 91.1 Å². The Balaban J connectivity index is 2.40. The van der Waals surface area contributed by atoms with Crippen molar-refractivity contribution in [1.82, 2.24) is 10.2 Å². The summed E-state index contributed by atoms with van der Waals surface area (Å²) in [6.45, 7) is 11.7. The van der Waals surface area contributed by atoms with E-state index in [0.717, 1.165) is 12.6 Å². The van der Waals surface area contributed by atoms with Crippen LogP contribution in [0.15, 0.2) is 0 Å². The molecule has 0 spiro atoms. The Labute approximate surface area is 127 Å². The second kappa shape index (κ2) is 9.04. The molecule has 2 nitrogen and oxygen atoms in total. The average Bonchev–Trinajstić information content (AvgIpc) is 2.65. The number of nitrogens with zero attached hydrogens (tertiary/aromatic N) is 1. The molecule has 1 aliphatic rings. The van der Waals surface area contributed by atoms with Gasteiger partial charge in [-0.25, -0.2) is 0 Å². The third-order valence-electron chi connectivity index (χ3n) is 4.90. The molecule has 1 rings (SSSR count). The van der Waals surface area contributed by atoms with Crippen molar-refractivity contribution >= 4 is 0 Å². The van der Waals surface area contributed by atoms with E-state index in [4.69, 9.17) is 0 Å². The van der Waals surface area contributed by atoms with Crippen molar-refractivity contribution in [3.05, 3.63) is 0 Å². The molecule has 20 heavy (non-hydrogen) atoms. The molecule has 0 heterocycles. The second-order valence-corrected chi connectivity index (χ2v) is 7.79. The van der Waals surface area contributed by atoms with Crippen molar-refractivity contribution in [3.63, 3.8) is 0 Å². The van der Waals surface area contributed by atoms with Crippen LogP contribution in [0.2, 0.25) is 0 Å². The van der Waals surface area contributed by atoms with Crippen LogP contribution in [0.5, 0.6) is 0 Å². The molecule has 1 saturated carbocycles. The quantitative estimate of drug-likeness (QED) is 0.694. The van der Waals surface area contributed by atoms with Gasteiger partial charge < -0.3 is 10.2 Å². The first kappa shape index (κ1) is 18.0. The van der Waals surface area contributed by atoms with E-state index in [0.29, 0.717) is 11.5 Å². The molecule has 0 bridgehead atoms. The zero-order valence-electron chi connectivity index (χ0n) is 14.7. The van der Waals surface area contributed by atoms with Crippen LogP contribution < -0.4 is 5.32 Å². The van der Waals surface area contributed by atoms with Gasteiger partial charge in [-0.1, -0.05) is 53.4 Å². The van der Waals surface area contributed by atoms with Gasteiger partial charge in [0.15, 0.2) is 0 Å². The Morgan fingerprint density at radius 3 is 2.20 bits per heavy atom. The molecule has 0 radical (unpaired) electrons. The molecule has 1 unspecified atom stereocenters. The highest BCUT2D eigenvalue weighted by Gasteiger charge is 2.25. The molecule has 0 aromatic carbocycles. The van der Waals surface area contributed by atoms with Gasteiger partial charge in [-0.2, -0.15) is 0 Å². The van der Waals surface area contributed by atoms with Gasteiger partial charge in [-0.05, 0) is 51.2 Å². The minimum absolute atomic E-state index is 0.361. The lowest BCUT2D eigenvalue weighted by Gasteiger charge is -2.35. The summed E-state index contributed by atoms with van der Waals surface area (Å²) in [6.07, 6.45) is 11.1. The van der Waals surface area contributed by atoms with Crippen molar-refractivity contribution in [2.75, 3.05) is 20.1 Å². The summed E-state index contributed by atoms with van der Waals surface area (Å²) in [5.74, 6) is 0. The predicted octanol–water partition coefficient (Wildman–Crippen LogP) is 4.45. The van der Waals surface area contributed by atoms with E-state index in [1.165, 1.54) is 57.9 Å². The van der Waals surface area contributed by atoms with Gasteiger partial charge in [0.2, 0.25) is 0 Å². The maximum absolute atomic E-state index is 3.75. The van der Waals surface area contributed by atoms with Gasteiger partial charge >= 0.3 is 0 Å². The first-order chi connectivity index (χ1) is 9.45. The Morgan fingerprint density at radius 1 is 1.10 bits per heavy atom. The molecule has 1 atom stereocenters. The van der Waals surface area contributed by atoms with Crippen LogP contribution >= 0.6 is 0 Å². The Morgan fingerprint density at radius 2 is 1.70 bits per heavy atom. The van der Waals surface area contributed by atoms with Gasteiger partial charge in [-0.15, -0.1) is 0 Å². The Kier molecular flexibility index (Phi) is 8.13. The number of rotatable bonds is 7. The molecule has 0 saturated heterocycles. The van der Waals surface area contributed by atoms with Crippen molar-refractivity contribution < 1.29 is 0 Å². The fourth-order valence-corrected chi connectivity index (χ4v) is 3.37. The first-order valence-corrected chi connectivity index (χ1v) is 8.88. The van der Waals surface area contributed by atoms with Crippen LogP contribution in [-0.2, 0) is 0 Å². The van der Waals surface area contributed by atoms with Crippen LogP contribution in [0.1, 0.15) is 79.1 Å². The maximum Gasteiger partial charge on any atom is 0.0128 e. The summed E-state index contributed by atoms with van der Waals surface area (Å²) in [4.78, 5) is 2.64. The molecular weight excluding hydrogens is 244 g/mol. The first-order valence-electron chi connectivity index (χ1n) is 8.88. The molecule has 1 aliphatic carbocycles. The molecule has 0 aromatic heterocycles. The lowest BCUT2D eigenvalue weighted by molar-refractivity contribution is 0.180. The highest BCUT2D eigenvalue weighted by Crippen LogP contribution is 2.24. The summed E-state index contributed by atoms with van der Waals surface area (Å²) in [6, 6.07) is 1.47. The van der Waals surface area contributed by atoms with E-state index >= 15 is 0 Å². The molecule has 2 heteroatoms. The van der Waals surface area contributed by atoms with Gasteiger partial charge in [-0.3, -0.25) is 0 Å². The summed E-state index contributed by atoms with van der Waals surface area (Å²) < 4.78 is 0.